The lowest BCUT2D eigenvalue weighted by molar-refractivity contribution is 0.265. The lowest BCUT2D eigenvalue weighted by Gasteiger charge is -2.29. The van der Waals surface area contributed by atoms with E-state index < -0.39 is 10.0 Å². The summed E-state index contributed by atoms with van der Waals surface area (Å²) >= 11 is 0. The first kappa shape index (κ1) is 28.7. The van der Waals surface area contributed by atoms with Crippen molar-refractivity contribution in [1.29, 1.82) is 0 Å². The van der Waals surface area contributed by atoms with Gasteiger partial charge in [0, 0.05) is 12.6 Å². The van der Waals surface area contributed by atoms with Gasteiger partial charge in [-0.05, 0) is 86.9 Å². The number of hydrogen-bond acceptors (Lipinski definition) is 5. The Morgan fingerprint density at radius 3 is 2.03 bits per heavy atom. The highest BCUT2D eigenvalue weighted by Gasteiger charge is 2.29. The minimum atomic E-state index is -3.71. The van der Waals surface area contributed by atoms with Crippen LogP contribution >= 0.6 is 0 Å². The van der Waals surface area contributed by atoms with Gasteiger partial charge in [0.1, 0.15) is 18.1 Å². The molecule has 37 heavy (non-hydrogen) atoms. The fourth-order valence-electron chi connectivity index (χ4n) is 4.27. The zero-order chi connectivity index (χ0) is 26.7. The molecule has 3 aromatic carbocycles. The third kappa shape index (κ3) is 8.32. The van der Waals surface area contributed by atoms with E-state index in [2.05, 4.69) is 18.7 Å². The van der Waals surface area contributed by atoms with Crippen LogP contribution in [-0.4, -0.2) is 50.4 Å². The molecule has 0 aliphatic rings. The van der Waals surface area contributed by atoms with E-state index in [1.165, 1.54) is 0 Å². The van der Waals surface area contributed by atoms with Crippen molar-refractivity contribution in [3.05, 3.63) is 90.0 Å². The molecule has 0 radical (unpaired) electrons. The van der Waals surface area contributed by atoms with Gasteiger partial charge in [0.15, 0.2) is 0 Å². The quantitative estimate of drug-likeness (QED) is 0.245. The lowest BCUT2D eigenvalue weighted by Crippen LogP contribution is -2.38. The fourth-order valence-corrected chi connectivity index (χ4v) is 5.92. The minimum Gasteiger partial charge on any atom is -0.497 e. The maximum absolute atomic E-state index is 13.8. The molecule has 0 bridgehead atoms. The second-order valence-electron chi connectivity index (χ2n) is 9.16. The minimum absolute atomic E-state index is 0.156. The normalized spacial score (nSPS) is 12.6. The molecule has 0 saturated carbocycles. The van der Waals surface area contributed by atoms with Gasteiger partial charge < -0.3 is 14.4 Å². The Morgan fingerprint density at radius 1 is 0.811 bits per heavy atom. The number of benzene rings is 3. The number of hydrogen-bond donors (Lipinski definition) is 0. The number of methoxy groups -OCH3 is 1. The molecule has 0 aromatic heterocycles. The predicted octanol–water partition coefficient (Wildman–Crippen LogP) is 5.98. The Bertz CT molecular complexity index is 1160. The molecule has 3 rings (SSSR count). The van der Waals surface area contributed by atoms with Crippen molar-refractivity contribution in [1.82, 2.24) is 9.21 Å². The Hall–Kier alpha value is -2.87. The van der Waals surface area contributed by atoms with Crippen molar-refractivity contribution in [3.63, 3.8) is 0 Å². The molecule has 0 N–H and O–H groups in total. The molecule has 3 aromatic rings. The van der Waals surface area contributed by atoms with Gasteiger partial charge in [-0.1, -0.05) is 56.3 Å². The van der Waals surface area contributed by atoms with E-state index in [0.717, 1.165) is 49.4 Å². The predicted molar refractivity (Wildman–Crippen MR) is 149 cm³/mol. The summed E-state index contributed by atoms with van der Waals surface area (Å²) in [6.07, 6.45) is 1.72. The van der Waals surface area contributed by atoms with Crippen LogP contribution in [0.25, 0.3) is 0 Å². The Labute approximate surface area is 222 Å². The molecule has 0 aliphatic carbocycles. The highest BCUT2D eigenvalue weighted by Crippen LogP contribution is 2.26. The highest BCUT2D eigenvalue weighted by molar-refractivity contribution is 7.89. The van der Waals surface area contributed by atoms with Gasteiger partial charge in [-0.25, -0.2) is 8.42 Å². The third-order valence-corrected chi connectivity index (χ3v) is 8.63. The molecule has 6 nitrogen and oxygen atoms in total. The summed E-state index contributed by atoms with van der Waals surface area (Å²) in [6.45, 7) is 10.0. The average Bonchev–Trinajstić information content (AvgIpc) is 2.94. The second-order valence-corrected chi connectivity index (χ2v) is 11.1. The van der Waals surface area contributed by atoms with Crippen molar-refractivity contribution >= 4 is 10.0 Å². The lowest BCUT2D eigenvalue weighted by atomic mass is 10.1. The number of sulfonamides is 1. The van der Waals surface area contributed by atoms with Crippen LogP contribution in [0, 0.1) is 0 Å². The van der Waals surface area contributed by atoms with E-state index in [1.54, 1.807) is 35.7 Å². The number of nitrogens with zero attached hydrogens (tertiary/aromatic N) is 2. The molecule has 0 fully saturated rings. The van der Waals surface area contributed by atoms with Crippen LogP contribution in [0.2, 0.25) is 0 Å². The van der Waals surface area contributed by atoms with Crippen LogP contribution in [0.15, 0.2) is 83.8 Å². The van der Waals surface area contributed by atoms with Gasteiger partial charge in [-0.15, -0.1) is 0 Å². The van der Waals surface area contributed by atoms with E-state index in [0.29, 0.717) is 18.9 Å². The Kier molecular flexibility index (Phi) is 11.0. The zero-order valence-corrected chi connectivity index (χ0v) is 23.3. The van der Waals surface area contributed by atoms with Crippen molar-refractivity contribution in [2.75, 3.05) is 26.7 Å². The van der Waals surface area contributed by atoms with Crippen LogP contribution < -0.4 is 9.47 Å². The van der Waals surface area contributed by atoms with Crippen molar-refractivity contribution in [2.45, 2.75) is 57.7 Å². The molecular formula is C30H40N2O4S. The Morgan fingerprint density at radius 2 is 1.43 bits per heavy atom. The van der Waals surface area contributed by atoms with Gasteiger partial charge in [-0.2, -0.15) is 4.31 Å². The van der Waals surface area contributed by atoms with E-state index in [9.17, 15) is 8.42 Å². The van der Waals surface area contributed by atoms with Crippen LogP contribution in [0.3, 0.4) is 0 Å². The van der Waals surface area contributed by atoms with E-state index in [-0.39, 0.29) is 10.9 Å². The summed E-state index contributed by atoms with van der Waals surface area (Å²) in [6, 6.07) is 24.2. The molecule has 0 heterocycles. The number of ether oxygens (including phenoxy) is 2. The SMILES string of the molecule is CCN(CC)CCCC(C)N(Cc1ccc(OCc2ccccc2)cc1)S(=O)(=O)c1ccc(OC)cc1. The van der Waals surface area contributed by atoms with Crippen LogP contribution in [0.4, 0.5) is 0 Å². The topological polar surface area (TPSA) is 59.1 Å². The summed E-state index contributed by atoms with van der Waals surface area (Å²) < 4.78 is 40.3. The molecule has 1 unspecified atom stereocenters. The highest BCUT2D eigenvalue weighted by atomic mass is 32.2. The average molecular weight is 525 g/mol. The van der Waals surface area contributed by atoms with Gasteiger partial charge in [-0.3, -0.25) is 0 Å². The maximum atomic E-state index is 13.8. The van der Waals surface area contributed by atoms with Gasteiger partial charge in [0.05, 0.1) is 12.0 Å². The van der Waals surface area contributed by atoms with E-state index in [4.69, 9.17) is 9.47 Å². The summed E-state index contributed by atoms with van der Waals surface area (Å²) in [4.78, 5) is 2.63. The smallest absolute Gasteiger partial charge is 0.243 e. The van der Waals surface area contributed by atoms with Gasteiger partial charge in [0.25, 0.3) is 0 Å². The largest absolute Gasteiger partial charge is 0.497 e. The molecule has 7 heteroatoms. The molecule has 0 amide bonds. The molecule has 1 atom stereocenters. The molecular weight excluding hydrogens is 484 g/mol. The molecule has 200 valence electrons. The number of rotatable bonds is 15. The summed E-state index contributed by atoms with van der Waals surface area (Å²) in [5.41, 5.74) is 2.02. The first-order valence-electron chi connectivity index (χ1n) is 13.0. The van der Waals surface area contributed by atoms with Crippen LogP contribution in [0.1, 0.15) is 44.7 Å². The zero-order valence-electron chi connectivity index (χ0n) is 22.5. The molecule has 0 spiro atoms. The third-order valence-electron chi connectivity index (χ3n) is 6.66. The first-order valence-corrected chi connectivity index (χ1v) is 14.4. The van der Waals surface area contributed by atoms with Crippen molar-refractivity contribution in [3.8, 4) is 11.5 Å². The second kappa shape index (κ2) is 14.2. The van der Waals surface area contributed by atoms with Gasteiger partial charge in [0.2, 0.25) is 10.0 Å². The van der Waals surface area contributed by atoms with Crippen molar-refractivity contribution < 1.29 is 17.9 Å². The van der Waals surface area contributed by atoms with Crippen molar-refractivity contribution in [2.24, 2.45) is 0 Å². The standard InChI is InChI=1S/C30H40N2O4S/c1-5-31(6-2)22-10-11-25(3)32(37(33,34)30-20-18-28(35-4)19-21-30)23-26-14-16-29(17-15-26)36-24-27-12-8-7-9-13-27/h7-9,12-21,25H,5-6,10-11,22-24H2,1-4H3. The summed E-state index contributed by atoms with van der Waals surface area (Å²) in [7, 11) is -2.14. The monoisotopic (exact) mass is 524 g/mol. The van der Waals surface area contributed by atoms with Crippen LogP contribution in [-0.2, 0) is 23.2 Å². The van der Waals surface area contributed by atoms with E-state index in [1.807, 2.05) is 61.5 Å². The summed E-state index contributed by atoms with van der Waals surface area (Å²) in [5.74, 6) is 1.38. The van der Waals surface area contributed by atoms with Gasteiger partial charge >= 0.3 is 0 Å². The maximum Gasteiger partial charge on any atom is 0.243 e. The molecule has 0 saturated heterocycles. The Balaban J connectivity index is 1.75. The summed E-state index contributed by atoms with van der Waals surface area (Å²) in [5, 5.41) is 0. The van der Waals surface area contributed by atoms with E-state index >= 15 is 0 Å². The fraction of sp³-hybridized carbons (Fsp3) is 0.400. The van der Waals surface area contributed by atoms with Crippen LogP contribution in [0.5, 0.6) is 11.5 Å². The first-order chi connectivity index (χ1) is 17.9. The molecule has 0 aliphatic heterocycles.